The van der Waals surface area contributed by atoms with E-state index < -0.39 is 0 Å². The number of carbonyl (C=O) groups is 1. The van der Waals surface area contributed by atoms with E-state index >= 15 is 0 Å². The van der Waals surface area contributed by atoms with Gasteiger partial charge in [-0.05, 0) is 19.3 Å². The second-order valence-electron chi connectivity index (χ2n) is 3.94. The summed E-state index contributed by atoms with van der Waals surface area (Å²) in [4.78, 5) is 13.7. The number of rotatable bonds is 3. The van der Waals surface area contributed by atoms with Gasteiger partial charge in [0.1, 0.15) is 0 Å². The van der Waals surface area contributed by atoms with E-state index in [1.165, 1.54) is 32.1 Å². The van der Waals surface area contributed by atoms with Crippen molar-refractivity contribution in [2.75, 3.05) is 19.0 Å². The average Bonchev–Trinajstić information content (AvgIpc) is 2.13. The van der Waals surface area contributed by atoms with Crippen LogP contribution in [0.25, 0.3) is 0 Å². The van der Waals surface area contributed by atoms with Crippen molar-refractivity contribution >= 4 is 17.5 Å². The second kappa shape index (κ2) is 7.10. The minimum atomic E-state index is 0.299. The lowest BCUT2D eigenvalue weighted by molar-refractivity contribution is -0.131. The third-order valence-corrected chi connectivity index (χ3v) is 3.00. The van der Waals surface area contributed by atoms with E-state index in [-0.39, 0.29) is 0 Å². The van der Waals surface area contributed by atoms with Crippen LogP contribution in [0.15, 0.2) is 0 Å². The molecule has 0 aromatic heterocycles. The molecule has 1 heterocycles. The molecule has 1 rings (SSSR count). The Labute approximate surface area is 91.6 Å². The molecule has 0 atom stereocenters. The summed E-state index contributed by atoms with van der Waals surface area (Å²) in [6.07, 6.45) is 7.68. The number of halogens is 1. The van der Waals surface area contributed by atoms with Gasteiger partial charge in [0.2, 0.25) is 5.91 Å². The molecule has 0 unspecified atom stereocenters. The van der Waals surface area contributed by atoms with E-state index in [0.717, 1.165) is 19.5 Å². The van der Waals surface area contributed by atoms with Gasteiger partial charge in [0.25, 0.3) is 0 Å². The zero-order valence-corrected chi connectivity index (χ0v) is 9.56. The molecule has 0 saturated carbocycles. The Balaban J connectivity index is 2.27. The first kappa shape index (κ1) is 11.8. The highest BCUT2D eigenvalue weighted by atomic mass is 35.5. The number of likely N-dealkylation sites (tertiary alicyclic amines) is 1. The van der Waals surface area contributed by atoms with Gasteiger partial charge < -0.3 is 4.90 Å². The Hall–Kier alpha value is -0.240. The van der Waals surface area contributed by atoms with Crippen LogP contribution in [0.1, 0.15) is 44.9 Å². The summed E-state index contributed by atoms with van der Waals surface area (Å²) in [5, 5.41) is 0. The van der Waals surface area contributed by atoms with Crippen molar-refractivity contribution in [3.8, 4) is 0 Å². The number of alkyl halides is 1. The maximum absolute atomic E-state index is 11.7. The predicted molar refractivity (Wildman–Crippen MR) is 59.6 cm³/mol. The standard InChI is InChI=1S/C11H20ClNO/c12-8-6-7-11(14)13-9-4-2-1-3-5-10-13/h1-10H2. The quantitative estimate of drug-likeness (QED) is 0.666. The molecule has 0 aliphatic carbocycles. The first-order valence-corrected chi connectivity index (χ1v) is 6.22. The summed E-state index contributed by atoms with van der Waals surface area (Å²) in [6, 6.07) is 0. The lowest BCUT2D eigenvalue weighted by atomic mass is 10.1. The summed E-state index contributed by atoms with van der Waals surface area (Å²) in [5.74, 6) is 0.895. The Morgan fingerprint density at radius 1 is 1.07 bits per heavy atom. The van der Waals surface area contributed by atoms with E-state index in [1.54, 1.807) is 0 Å². The highest BCUT2D eigenvalue weighted by Crippen LogP contribution is 2.11. The van der Waals surface area contributed by atoms with E-state index in [4.69, 9.17) is 11.6 Å². The molecule has 3 heteroatoms. The third-order valence-electron chi connectivity index (χ3n) is 2.73. The zero-order chi connectivity index (χ0) is 10.2. The van der Waals surface area contributed by atoms with E-state index in [1.807, 2.05) is 4.90 Å². The van der Waals surface area contributed by atoms with E-state index in [0.29, 0.717) is 18.2 Å². The average molecular weight is 218 g/mol. The van der Waals surface area contributed by atoms with Crippen LogP contribution in [-0.4, -0.2) is 29.8 Å². The summed E-state index contributed by atoms with van der Waals surface area (Å²) in [7, 11) is 0. The molecule has 14 heavy (non-hydrogen) atoms. The molecule has 1 amide bonds. The molecule has 0 radical (unpaired) electrons. The lowest BCUT2D eigenvalue weighted by Crippen LogP contribution is -2.33. The van der Waals surface area contributed by atoms with Crippen molar-refractivity contribution in [1.82, 2.24) is 4.90 Å². The maximum atomic E-state index is 11.7. The first-order valence-electron chi connectivity index (χ1n) is 5.68. The summed E-state index contributed by atoms with van der Waals surface area (Å²) >= 11 is 5.57. The Morgan fingerprint density at radius 3 is 2.21 bits per heavy atom. The fraction of sp³-hybridized carbons (Fsp3) is 0.909. The van der Waals surface area contributed by atoms with Crippen LogP contribution in [0.5, 0.6) is 0 Å². The molecule has 0 aromatic carbocycles. The lowest BCUT2D eigenvalue weighted by Gasteiger charge is -2.24. The Bertz CT molecular complexity index is 165. The van der Waals surface area contributed by atoms with Gasteiger partial charge in [0.05, 0.1) is 0 Å². The first-order chi connectivity index (χ1) is 6.84. The highest BCUT2D eigenvalue weighted by Gasteiger charge is 2.13. The van der Waals surface area contributed by atoms with Crippen molar-refractivity contribution in [2.45, 2.75) is 44.9 Å². The van der Waals surface area contributed by atoms with Crippen molar-refractivity contribution < 1.29 is 4.79 Å². The number of hydrogen-bond donors (Lipinski definition) is 0. The summed E-state index contributed by atoms with van der Waals surface area (Å²) in [6.45, 7) is 1.92. The smallest absolute Gasteiger partial charge is 0.222 e. The van der Waals surface area contributed by atoms with Crippen molar-refractivity contribution in [3.63, 3.8) is 0 Å². The Kier molecular flexibility index (Phi) is 6.00. The fourth-order valence-corrected chi connectivity index (χ4v) is 2.01. The Morgan fingerprint density at radius 2 is 1.64 bits per heavy atom. The highest BCUT2D eigenvalue weighted by molar-refractivity contribution is 6.17. The van der Waals surface area contributed by atoms with Gasteiger partial charge >= 0.3 is 0 Å². The van der Waals surface area contributed by atoms with Gasteiger partial charge in [-0.3, -0.25) is 4.79 Å². The molecule has 82 valence electrons. The largest absolute Gasteiger partial charge is 0.343 e. The number of carbonyl (C=O) groups excluding carboxylic acids is 1. The normalized spacial score (nSPS) is 18.8. The second-order valence-corrected chi connectivity index (χ2v) is 4.32. The van der Waals surface area contributed by atoms with Crippen LogP contribution in [0, 0.1) is 0 Å². The van der Waals surface area contributed by atoms with Crippen LogP contribution in [-0.2, 0) is 4.79 Å². The van der Waals surface area contributed by atoms with Gasteiger partial charge in [-0.2, -0.15) is 0 Å². The van der Waals surface area contributed by atoms with Crippen LogP contribution < -0.4 is 0 Å². The zero-order valence-electron chi connectivity index (χ0n) is 8.80. The van der Waals surface area contributed by atoms with Gasteiger partial charge in [-0.25, -0.2) is 0 Å². The van der Waals surface area contributed by atoms with E-state index in [2.05, 4.69) is 0 Å². The molecule has 1 aliphatic heterocycles. The van der Waals surface area contributed by atoms with Crippen molar-refractivity contribution in [3.05, 3.63) is 0 Å². The van der Waals surface area contributed by atoms with E-state index in [9.17, 15) is 4.79 Å². The maximum Gasteiger partial charge on any atom is 0.222 e. The van der Waals surface area contributed by atoms with Crippen molar-refractivity contribution in [2.24, 2.45) is 0 Å². The number of amides is 1. The summed E-state index contributed by atoms with van der Waals surface area (Å²) in [5.41, 5.74) is 0. The van der Waals surface area contributed by atoms with Crippen LogP contribution in [0.2, 0.25) is 0 Å². The molecule has 1 saturated heterocycles. The molecule has 0 N–H and O–H groups in total. The molecule has 2 nitrogen and oxygen atoms in total. The molecular weight excluding hydrogens is 198 g/mol. The SMILES string of the molecule is O=C(CCCCl)N1CCCCCCC1. The topological polar surface area (TPSA) is 20.3 Å². The molecule has 1 aliphatic rings. The van der Waals surface area contributed by atoms with Crippen LogP contribution >= 0.6 is 11.6 Å². The van der Waals surface area contributed by atoms with Gasteiger partial charge in [-0.1, -0.05) is 19.3 Å². The third kappa shape index (κ3) is 4.32. The number of hydrogen-bond acceptors (Lipinski definition) is 1. The minimum Gasteiger partial charge on any atom is -0.343 e. The minimum absolute atomic E-state index is 0.299. The molecule has 1 fully saturated rings. The molecule has 0 bridgehead atoms. The van der Waals surface area contributed by atoms with Crippen LogP contribution in [0.4, 0.5) is 0 Å². The van der Waals surface area contributed by atoms with Gasteiger partial charge in [0, 0.05) is 25.4 Å². The van der Waals surface area contributed by atoms with Crippen LogP contribution in [0.3, 0.4) is 0 Å². The molecular formula is C11H20ClNO. The predicted octanol–water partition coefficient (Wildman–Crippen LogP) is 2.80. The fourth-order valence-electron chi connectivity index (χ4n) is 1.87. The van der Waals surface area contributed by atoms with Gasteiger partial charge in [-0.15, -0.1) is 11.6 Å². The summed E-state index contributed by atoms with van der Waals surface area (Å²) < 4.78 is 0. The monoisotopic (exact) mass is 217 g/mol. The number of nitrogens with zero attached hydrogens (tertiary/aromatic N) is 1. The van der Waals surface area contributed by atoms with Gasteiger partial charge in [0.15, 0.2) is 0 Å². The van der Waals surface area contributed by atoms with Crippen molar-refractivity contribution in [1.29, 1.82) is 0 Å². The molecule has 0 spiro atoms. The molecule has 0 aromatic rings.